The Balaban J connectivity index is 0.00000504. The second-order valence-electron chi connectivity index (χ2n) is 16.1. The summed E-state index contributed by atoms with van der Waals surface area (Å²) < 4.78 is 4.48. The molecular formula is C44H54N6Pt. The van der Waals surface area contributed by atoms with Gasteiger partial charge in [0.2, 0.25) is 0 Å². The largest absolute Gasteiger partial charge is 2.00 e. The van der Waals surface area contributed by atoms with Gasteiger partial charge in [0, 0.05) is 24.8 Å². The van der Waals surface area contributed by atoms with Crippen LogP contribution < -0.4 is 9.97 Å². The number of imidazole rings is 2. The first-order valence-electron chi connectivity index (χ1n) is 18.3. The molecule has 0 bridgehead atoms. The molecule has 0 radical (unpaired) electrons. The summed E-state index contributed by atoms with van der Waals surface area (Å²) in [6.45, 7) is 27.2. The van der Waals surface area contributed by atoms with E-state index in [0.29, 0.717) is 23.7 Å². The fourth-order valence-electron chi connectivity index (χ4n) is 7.24. The second-order valence-corrected chi connectivity index (χ2v) is 16.1. The maximum Gasteiger partial charge on any atom is 2.00 e. The third kappa shape index (κ3) is 6.77. The Morgan fingerprint density at radius 2 is 0.804 bits per heavy atom. The zero-order valence-electron chi connectivity index (χ0n) is 32.4. The molecular weight excluding hydrogens is 808 g/mol. The van der Waals surface area contributed by atoms with E-state index in [4.69, 9.17) is 19.9 Å². The Morgan fingerprint density at radius 3 is 1.10 bits per heavy atom. The van der Waals surface area contributed by atoms with Crippen molar-refractivity contribution in [3.05, 3.63) is 119 Å². The average Bonchev–Trinajstić information content (AvgIpc) is 3.89. The predicted octanol–water partition coefficient (Wildman–Crippen LogP) is 11.1. The van der Waals surface area contributed by atoms with Crippen LogP contribution in [0.3, 0.4) is 0 Å². The van der Waals surface area contributed by atoms with Gasteiger partial charge in [-0.1, -0.05) is 155 Å². The first-order valence-corrected chi connectivity index (χ1v) is 18.3. The van der Waals surface area contributed by atoms with Gasteiger partial charge < -0.3 is 19.1 Å². The quantitative estimate of drug-likeness (QED) is 0.130. The topological polar surface area (TPSA) is 63.8 Å². The van der Waals surface area contributed by atoms with Crippen molar-refractivity contribution in [1.29, 1.82) is 0 Å². The van der Waals surface area contributed by atoms with E-state index in [9.17, 15) is 0 Å². The smallest absolute Gasteiger partial charge is 0.658 e. The Kier molecular flexibility index (Phi) is 11.0. The summed E-state index contributed by atoms with van der Waals surface area (Å²) in [5, 5.41) is 0. The number of nitrogens with zero attached hydrogens (tertiary/aromatic N) is 6. The molecule has 0 saturated carbocycles. The van der Waals surface area contributed by atoms with Crippen LogP contribution in [0.1, 0.15) is 140 Å². The van der Waals surface area contributed by atoms with Crippen LogP contribution in [0, 0.1) is 0 Å². The van der Waals surface area contributed by atoms with E-state index in [0.717, 1.165) is 34.4 Å². The molecule has 6 nitrogen and oxygen atoms in total. The molecule has 0 unspecified atom stereocenters. The van der Waals surface area contributed by atoms with Gasteiger partial charge >= 0.3 is 21.1 Å². The van der Waals surface area contributed by atoms with Gasteiger partial charge in [0.05, 0.1) is 11.4 Å². The molecule has 4 aromatic heterocycles. The molecule has 270 valence electrons. The van der Waals surface area contributed by atoms with E-state index >= 15 is 0 Å². The fraction of sp³-hybridized carbons (Fsp3) is 0.409. The molecule has 51 heavy (non-hydrogen) atoms. The normalized spacial score (nSPS) is 12.5. The molecule has 0 amide bonds. The van der Waals surface area contributed by atoms with Crippen molar-refractivity contribution in [2.45, 2.75) is 118 Å². The van der Waals surface area contributed by atoms with Crippen molar-refractivity contribution >= 4 is 0 Å². The summed E-state index contributed by atoms with van der Waals surface area (Å²) in [6, 6.07) is 21.9. The van der Waals surface area contributed by atoms with Gasteiger partial charge in [-0.3, -0.25) is 0 Å². The maximum atomic E-state index is 5.29. The molecule has 4 heterocycles. The minimum atomic E-state index is -0.343. The van der Waals surface area contributed by atoms with Crippen LogP contribution in [0.15, 0.2) is 85.5 Å². The Morgan fingerprint density at radius 1 is 0.490 bits per heavy atom. The Labute approximate surface area is 319 Å². The van der Waals surface area contributed by atoms with E-state index in [1.165, 1.54) is 33.6 Å². The Bertz CT molecular complexity index is 1890. The van der Waals surface area contributed by atoms with Gasteiger partial charge in [-0.2, -0.15) is 11.4 Å². The zero-order valence-corrected chi connectivity index (χ0v) is 34.7. The third-order valence-corrected chi connectivity index (χ3v) is 11.0. The summed E-state index contributed by atoms with van der Waals surface area (Å²) in [5.74, 6) is 3.24. The first kappa shape index (κ1) is 38.3. The summed E-state index contributed by atoms with van der Waals surface area (Å²) in [7, 11) is 0. The molecule has 0 aliphatic rings. The molecule has 7 heteroatoms. The number of benzene rings is 2. The zero-order chi connectivity index (χ0) is 36.1. The van der Waals surface area contributed by atoms with E-state index in [2.05, 4.69) is 165 Å². The molecule has 0 saturated heterocycles. The minimum Gasteiger partial charge on any atom is -0.658 e. The first-order chi connectivity index (χ1) is 23.6. The van der Waals surface area contributed by atoms with E-state index in [-0.39, 0.29) is 31.9 Å². The second kappa shape index (κ2) is 14.6. The monoisotopic (exact) mass is 861 g/mol. The van der Waals surface area contributed by atoms with Crippen LogP contribution in [0.5, 0.6) is 0 Å². The SMILES string of the molecule is CC(C)c1cccc(C(C)C)c1-n1ccnc1-c1ccc(C(C)(C)C(C)(C)c2ccc(-c3nccn3-c3c(C(C)C)cccc3C(C)C)[n-]2)[n-]1.[Pt+2]. The maximum absolute atomic E-state index is 5.29. The van der Waals surface area contributed by atoms with Crippen molar-refractivity contribution in [3.63, 3.8) is 0 Å². The fourth-order valence-corrected chi connectivity index (χ4v) is 7.24. The molecule has 6 rings (SSSR count). The van der Waals surface area contributed by atoms with Gasteiger partial charge in [0.15, 0.2) is 0 Å². The average molecular weight is 862 g/mol. The van der Waals surface area contributed by atoms with Gasteiger partial charge in [-0.05, 0) is 56.8 Å². The van der Waals surface area contributed by atoms with Crippen molar-refractivity contribution in [2.75, 3.05) is 0 Å². The number of para-hydroxylation sites is 2. The molecule has 0 fully saturated rings. The van der Waals surface area contributed by atoms with Gasteiger partial charge in [-0.25, -0.2) is 9.97 Å². The summed E-state index contributed by atoms with van der Waals surface area (Å²) in [6.07, 6.45) is 7.94. The van der Waals surface area contributed by atoms with Crippen molar-refractivity contribution in [3.8, 4) is 34.4 Å². The van der Waals surface area contributed by atoms with Crippen LogP contribution in [-0.2, 0) is 31.9 Å². The van der Waals surface area contributed by atoms with Gasteiger partial charge in [0.25, 0.3) is 0 Å². The molecule has 6 aromatic rings. The predicted molar refractivity (Wildman–Crippen MR) is 207 cm³/mol. The van der Waals surface area contributed by atoms with Crippen LogP contribution in [0.25, 0.3) is 34.4 Å². The number of aromatic nitrogens is 6. The number of hydrogen-bond acceptors (Lipinski definition) is 2. The molecule has 0 aliphatic carbocycles. The molecule has 0 atom stereocenters. The summed E-state index contributed by atoms with van der Waals surface area (Å²) in [4.78, 5) is 20.3. The number of hydrogen-bond donors (Lipinski definition) is 0. The molecule has 2 aromatic carbocycles. The molecule has 0 aliphatic heterocycles. The van der Waals surface area contributed by atoms with Crippen molar-refractivity contribution < 1.29 is 21.1 Å². The van der Waals surface area contributed by atoms with Crippen LogP contribution in [0.2, 0.25) is 0 Å². The van der Waals surface area contributed by atoms with Crippen LogP contribution in [-0.4, -0.2) is 19.1 Å². The van der Waals surface area contributed by atoms with Crippen molar-refractivity contribution in [2.24, 2.45) is 0 Å². The van der Waals surface area contributed by atoms with E-state index in [1.807, 2.05) is 12.4 Å². The number of rotatable bonds is 11. The van der Waals surface area contributed by atoms with Gasteiger partial charge in [-0.15, -0.1) is 0 Å². The van der Waals surface area contributed by atoms with Crippen molar-refractivity contribution in [1.82, 2.24) is 29.1 Å². The molecule has 0 spiro atoms. The molecule has 0 N–H and O–H groups in total. The summed E-state index contributed by atoms with van der Waals surface area (Å²) >= 11 is 0. The van der Waals surface area contributed by atoms with E-state index < -0.39 is 0 Å². The Hall–Kier alpha value is -3.89. The van der Waals surface area contributed by atoms with Crippen LogP contribution >= 0.6 is 0 Å². The van der Waals surface area contributed by atoms with Gasteiger partial charge in [0.1, 0.15) is 11.6 Å². The van der Waals surface area contributed by atoms with Crippen LogP contribution in [0.4, 0.5) is 0 Å². The standard InChI is InChI=1S/C44H54N6.Pt/c1-27(2)31-15-13-16-32(28(3)4)39(31)49-25-23-45-41(49)35-19-21-37(47-35)43(9,10)44(11,12)38-22-20-36(48-38)42-46-24-26-50(42)40-33(29(5)6)17-14-18-34(40)30(7)8;/h13-30H,1-12H3;/q-2;+2. The minimum absolute atomic E-state index is 0. The van der Waals surface area contributed by atoms with E-state index in [1.54, 1.807) is 0 Å². The summed E-state index contributed by atoms with van der Waals surface area (Å²) in [5.41, 5.74) is 10.8. The third-order valence-electron chi connectivity index (χ3n) is 11.0.